The van der Waals surface area contributed by atoms with Gasteiger partial charge in [0, 0.05) is 43.5 Å². The number of rotatable bonds is 6. The number of hydrogen-bond donors (Lipinski definition) is 1. The van der Waals surface area contributed by atoms with Gasteiger partial charge in [-0.1, -0.05) is 0 Å². The molecule has 0 aromatic carbocycles. The Balaban J connectivity index is 2.00. The third-order valence-electron chi connectivity index (χ3n) is 4.64. The lowest BCUT2D eigenvalue weighted by molar-refractivity contribution is 0.167. The van der Waals surface area contributed by atoms with Crippen LogP contribution in [0.2, 0.25) is 0 Å². The van der Waals surface area contributed by atoms with Crippen molar-refractivity contribution in [2.75, 3.05) is 6.54 Å². The molecule has 0 amide bonds. The minimum Gasteiger partial charge on any atom is -0.332 e. The monoisotopic (exact) mass is 292 g/mol. The van der Waals surface area contributed by atoms with Gasteiger partial charge in [0.25, 0.3) is 0 Å². The maximum Gasteiger partial charge on any atom is 0.0949 e. The molecule has 21 heavy (non-hydrogen) atoms. The van der Waals surface area contributed by atoms with Crippen molar-refractivity contribution in [2.24, 2.45) is 0 Å². The van der Waals surface area contributed by atoms with Gasteiger partial charge in [0.15, 0.2) is 0 Å². The lowest BCUT2D eigenvalue weighted by Crippen LogP contribution is -2.40. The van der Waals surface area contributed by atoms with E-state index in [2.05, 4.69) is 54.4 Å². The second-order valence-corrected chi connectivity index (χ2v) is 6.99. The van der Waals surface area contributed by atoms with Gasteiger partial charge in [-0.25, -0.2) is 4.98 Å². The molecule has 1 aliphatic heterocycles. The van der Waals surface area contributed by atoms with E-state index in [1.54, 1.807) is 0 Å². The molecule has 0 bridgehead atoms. The largest absolute Gasteiger partial charge is 0.332 e. The summed E-state index contributed by atoms with van der Waals surface area (Å²) in [6.45, 7) is 13.5. The standard InChI is InChI=1S/C17H32N4/c1-13(2)21(14(3)4)10-9-20-12-18-11-17(20)16-8-6-7-15(5)19-16/h11-16,19H,6-10H2,1-5H3. The van der Waals surface area contributed by atoms with E-state index in [-0.39, 0.29) is 0 Å². The highest BCUT2D eigenvalue weighted by molar-refractivity contribution is 5.07. The molecule has 1 aromatic rings. The van der Waals surface area contributed by atoms with Crippen molar-refractivity contribution in [1.29, 1.82) is 0 Å². The molecule has 1 N–H and O–H groups in total. The Bertz CT molecular complexity index is 416. The Morgan fingerprint density at radius 2 is 2.00 bits per heavy atom. The molecule has 0 radical (unpaired) electrons. The SMILES string of the molecule is CC1CCCC(c2cncn2CCN(C(C)C)C(C)C)N1. The fourth-order valence-electron chi connectivity index (χ4n) is 3.52. The minimum atomic E-state index is 0.475. The molecule has 0 spiro atoms. The minimum absolute atomic E-state index is 0.475. The van der Waals surface area contributed by atoms with Crippen LogP contribution in [0.3, 0.4) is 0 Å². The van der Waals surface area contributed by atoms with Gasteiger partial charge in [0.05, 0.1) is 12.0 Å². The highest BCUT2D eigenvalue weighted by atomic mass is 15.2. The van der Waals surface area contributed by atoms with E-state index in [0.29, 0.717) is 24.2 Å². The Morgan fingerprint density at radius 3 is 2.62 bits per heavy atom. The van der Waals surface area contributed by atoms with Crippen molar-refractivity contribution in [3.05, 3.63) is 18.2 Å². The van der Waals surface area contributed by atoms with E-state index in [4.69, 9.17) is 0 Å². The van der Waals surface area contributed by atoms with Gasteiger partial charge in [-0.2, -0.15) is 0 Å². The van der Waals surface area contributed by atoms with Crippen LogP contribution in [0.1, 0.15) is 65.6 Å². The average molecular weight is 292 g/mol. The quantitative estimate of drug-likeness (QED) is 0.874. The van der Waals surface area contributed by atoms with E-state index in [9.17, 15) is 0 Å². The van der Waals surface area contributed by atoms with Gasteiger partial charge in [-0.15, -0.1) is 0 Å². The molecule has 2 heterocycles. The van der Waals surface area contributed by atoms with Crippen LogP contribution in [0.15, 0.2) is 12.5 Å². The second-order valence-electron chi connectivity index (χ2n) is 6.99. The summed E-state index contributed by atoms with van der Waals surface area (Å²) in [7, 11) is 0. The van der Waals surface area contributed by atoms with E-state index in [1.165, 1.54) is 25.0 Å². The zero-order valence-corrected chi connectivity index (χ0v) is 14.3. The van der Waals surface area contributed by atoms with E-state index >= 15 is 0 Å². The van der Waals surface area contributed by atoms with E-state index < -0.39 is 0 Å². The summed E-state index contributed by atoms with van der Waals surface area (Å²) in [4.78, 5) is 6.94. The fraction of sp³-hybridized carbons (Fsp3) is 0.824. The summed E-state index contributed by atoms with van der Waals surface area (Å²) in [6.07, 6.45) is 7.88. The van der Waals surface area contributed by atoms with Crippen LogP contribution in [0, 0.1) is 0 Å². The molecular formula is C17H32N4. The van der Waals surface area contributed by atoms with Gasteiger partial charge in [-0.05, 0) is 53.9 Å². The Morgan fingerprint density at radius 1 is 1.29 bits per heavy atom. The highest BCUT2D eigenvalue weighted by Crippen LogP contribution is 2.25. The molecule has 2 unspecified atom stereocenters. The molecule has 1 aromatic heterocycles. The molecule has 0 aliphatic carbocycles. The predicted molar refractivity (Wildman–Crippen MR) is 88.4 cm³/mol. The normalized spacial score (nSPS) is 23.4. The number of nitrogens with one attached hydrogen (secondary N) is 1. The predicted octanol–water partition coefficient (Wildman–Crippen LogP) is 3.21. The highest BCUT2D eigenvalue weighted by Gasteiger charge is 2.22. The number of piperidine rings is 1. The number of aromatic nitrogens is 2. The van der Waals surface area contributed by atoms with Crippen LogP contribution in [-0.4, -0.2) is 39.1 Å². The van der Waals surface area contributed by atoms with Gasteiger partial charge < -0.3 is 9.88 Å². The average Bonchev–Trinajstić information content (AvgIpc) is 2.86. The lowest BCUT2D eigenvalue weighted by Gasteiger charge is -2.32. The Hall–Kier alpha value is -0.870. The maximum absolute atomic E-state index is 4.39. The van der Waals surface area contributed by atoms with Crippen LogP contribution in [0.4, 0.5) is 0 Å². The molecule has 2 atom stereocenters. The first kappa shape index (κ1) is 16.5. The van der Waals surface area contributed by atoms with Crippen LogP contribution in [0.5, 0.6) is 0 Å². The van der Waals surface area contributed by atoms with E-state index in [0.717, 1.165) is 13.1 Å². The summed E-state index contributed by atoms with van der Waals surface area (Å²) in [5.74, 6) is 0. The zero-order chi connectivity index (χ0) is 15.4. The molecule has 4 heteroatoms. The number of nitrogens with zero attached hydrogens (tertiary/aromatic N) is 3. The second kappa shape index (κ2) is 7.41. The summed E-state index contributed by atoms with van der Waals surface area (Å²) in [5, 5.41) is 3.72. The van der Waals surface area contributed by atoms with Crippen LogP contribution < -0.4 is 5.32 Å². The maximum atomic E-state index is 4.39. The van der Waals surface area contributed by atoms with Crippen molar-refractivity contribution in [1.82, 2.24) is 19.8 Å². The van der Waals surface area contributed by atoms with Crippen LogP contribution in [0.25, 0.3) is 0 Å². The Kier molecular flexibility index (Phi) is 5.82. The molecule has 1 saturated heterocycles. The van der Waals surface area contributed by atoms with E-state index in [1.807, 2.05) is 12.5 Å². The summed E-state index contributed by atoms with van der Waals surface area (Å²) >= 11 is 0. The molecule has 1 fully saturated rings. The molecule has 1 aliphatic rings. The third-order valence-corrected chi connectivity index (χ3v) is 4.64. The summed E-state index contributed by atoms with van der Waals surface area (Å²) in [6, 6.07) is 2.27. The van der Waals surface area contributed by atoms with Crippen LogP contribution in [-0.2, 0) is 6.54 Å². The zero-order valence-electron chi connectivity index (χ0n) is 14.3. The fourth-order valence-corrected chi connectivity index (χ4v) is 3.52. The first-order valence-electron chi connectivity index (χ1n) is 8.51. The number of hydrogen-bond acceptors (Lipinski definition) is 3. The van der Waals surface area contributed by atoms with Gasteiger partial charge in [0.2, 0.25) is 0 Å². The van der Waals surface area contributed by atoms with Crippen molar-refractivity contribution < 1.29 is 0 Å². The van der Waals surface area contributed by atoms with Gasteiger partial charge in [0.1, 0.15) is 0 Å². The Labute approximate surface area is 129 Å². The summed E-state index contributed by atoms with van der Waals surface area (Å²) in [5.41, 5.74) is 1.36. The van der Waals surface area contributed by atoms with Gasteiger partial charge in [-0.3, -0.25) is 4.90 Å². The lowest BCUT2D eigenvalue weighted by atomic mass is 9.97. The molecule has 0 saturated carbocycles. The van der Waals surface area contributed by atoms with Crippen molar-refractivity contribution in [2.45, 2.75) is 84.6 Å². The molecule has 2 rings (SSSR count). The first-order valence-corrected chi connectivity index (χ1v) is 8.51. The molecular weight excluding hydrogens is 260 g/mol. The molecule has 120 valence electrons. The van der Waals surface area contributed by atoms with Crippen molar-refractivity contribution in [3.8, 4) is 0 Å². The van der Waals surface area contributed by atoms with Gasteiger partial charge >= 0.3 is 0 Å². The first-order chi connectivity index (χ1) is 9.99. The smallest absolute Gasteiger partial charge is 0.0949 e. The third kappa shape index (κ3) is 4.30. The van der Waals surface area contributed by atoms with Crippen molar-refractivity contribution >= 4 is 0 Å². The molecule has 4 nitrogen and oxygen atoms in total. The summed E-state index contributed by atoms with van der Waals surface area (Å²) < 4.78 is 2.34. The van der Waals surface area contributed by atoms with Crippen molar-refractivity contribution in [3.63, 3.8) is 0 Å². The van der Waals surface area contributed by atoms with Crippen LogP contribution >= 0.6 is 0 Å². The topological polar surface area (TPSA) is 33.1 Å². The number of imidazole rings is 1.